The third-order valence-electron chi connectivity index (χ3n) is 9.06. The Morgan fingerprint density at radius 3 is 2.52 bits per heavy atom. The number of benzene rings is 2. The summed E-state index contributed by atoms with van der Waals surface area (Å²) in [6, 6.07) is 12.1. The molecule has 50 heavy (non-hydrogen) atoms. The van der Waals surface area contributed by atoms with Gasteiger partial charge in [0.05, 0.1) is 42.8 Å². The van der Waals surface area contributed by atoms with Crippen LogP contribution in [0.4, 0.5) is 5.69 Å². The van der Waals surface area contributed by atoms with Crippen molar-refractivity contribution in [1.29, 1.82) is 0 Å². The molecule has 0 aliphatic carbocycles. The summed E-state index contributed by atoms with van der Waals surface area (Å²) in [5.74, 6) is 6.49. The topological polar surface area (TPSA) is 129 Å². The van der Waals surface area contributed by atoms with Crippen LogP contribution in [0.25, 0.3) is 22.5 Å². The quantitative estimate of drug-likeness (QED) is 0.169. The van der Waals surface area contributed by atoms with E-state index in [1.165, 1.54) is 6.42 Å². The van der Waals surface area contributed by atoms with E-state index in [2.05, 4.69) is 82.0 Å². The summed E-state index contributed by atoms with van der Waals surface area (Å²) in [6.07, 6.45) is 11.1. The van der Waals surface area contributed by atoms with Crippen LogP contribution in [0.3, 0.4) is 0 Å². The number of aromatic nitrogens is 6. The van der Waals surface area contributed by atoms with Crippen LogP contribution in [0.5, 0.6) is 0 Å². The van der Waals surface area contributed by atoms with Gasteiger partial charge in [0.2, 0.25) is 21.9 Å². The maximum absolute atomic E-state index is 11.7. The van der Waals surface area contributed by atoms with E-state index in [1.807, 2.05) is 28.7 Å². The lowest BCUT2D eigenvalue weighted by Gasteiger charge is -2.28. The van der Waals surface area contributed by atoms with Crippen LogP contribution >= 0.6 is 0 Å². The minimum Gasteiger partial charge on any atom is -0.374 e. The minimum atomic E-state index is -3.36. The van der Waals surface area contributed by atoms with Crippen molar-refractivity contribution in [3.05, 3.63) is 65.5 Å². The van der Waals surface area contributed by atoms with Gasteiger partial charge in [-0.2, -0.15) is 4.68 Å². The molecule has 2 aromatic carbocycles. The third kappa shape index (κ3) is 9.37. The van der Waals surface area contributed by atoms with Crippen LogP contribution in [0.1, 0.15) is 75.3 Å². The zero-order valence-electron chi connectivity index (χ0n) is 29.7. The number of rotatable bonds is 11. The standard InChI is InChI=1S/C37H49N8O4S/c1-26(2)38-18-9-10-29-14-16-34(27(3)20-29)36-25-44(23-31-11-6-7-19-48-31)45(40-36)37-13-8-12-32(49-37)22-43-24-35(39-42-43)33-17-15-30(21-28(33)4)41-50(5,46)47/h14-17,20-21,24-26,31-32,37-38,41H,6-8,11-13,18-19,22-23H2,1-5H3/q+1/t31-,32-,37?/m1/s1. The van der Waals surface area contributed by atoms with Crippen molar-refractivity contribution in [2.75, 3.05) is 24.1 Å². The largest absolute Gasteiger partial charge is 0.374 e. The lowest BCUT2D eigenvalue weighted by molar-refractivity contribution is -0.792. The summed E-state index contributed by atoms with van der Waals surface area (Å²) in [6.45, 7) is 11.0. The fraction of sp³-hybridized carbons (Fsp3) is 0.514. The Balaban J connectivity index is 1.19. The third-order valence-corrected chi connectivity index (χ3v) is 9.67. The molecule has 2 aliphatic heterocycles. The van der Waals surface area contributed by atoms with Gasteiger partial charge in [0.25, 0.3) is 0 Å². The predicted octanol–water partition coefficient (Wildman–Crippen LogP) is 4.77. The zero-order chi connectivity index (χ0) is 35.3. The first-order valence-electron chi connectivity index (χ1n) is 17.6. The van der Waals surface area contributed by atoms with E-state index in [-0.39, 0.29) is 18.4 Å². The number of nitrogens with zero attached hydrogens (tertiary/aromatic N) is 6. The highest BCUT2D eigenvalue weighted by molar-refractivity contribution is 7.92. The molecule has 2 fully saturated rings. The molecule has 13 heteroatoms. The molecule has 6 rings (SSSR count). The summed E-state index contributed by atoms with van der Waals surface area (Å²) in [4.78, 5) is 2.02. The van der Waals surface area contributed by atoms with E-state index < -0.39 is 10.0 Å². The highest BCUT2D eigenvalue weighted by atomic mass is 32.2. The molecule has 0 bridgehead atoms. The molecule has 2 aromatic heterocycles. The Bertz CT molecular complexity index is 1950. The second-order valence-corrected chi connectivity index (χ2v) is 15.5. The molecule has 1 unspecified atom stereocenters. The molecule has 0 spiro atoms. The van der Waals surface area contributed by atoms with E-state index >= 15 is 0 Å². The molecule has 4 aromatic rings. The highest BCUT2D eigenvalue weighted by Gasteiger charge is 2.33. The molecular weight excluding hydrogens is 653 g/mol. The van der Waals surface area contributed by atoms with Crippen LogP contribution in [-0.4, -0.2) is 71.0 Å². The van der Waals surface area contributed by atoms with E-state index in [9.17, 15) is 8.42 Å². The Labute approximate surface area is 295 Å². The van der Waals surface area contributed by atoms with Gasteiger partial charge in [0.1, 0.15) is 12.2 Å². The fourth-order valence-electron chi connectivity index (χ4n) is 6.60. The molecule has 4 heterocycles. The first kappa shape index (κ1) is 35.7. The molecule has 3 atom stereocenters. The smallest absolute Gasteiger partial charge is 0.249 e. The van der Waals surface area contributed by atoms with Gasteiger partial charge in [-0.3, -0.25) is 4.72 Å². The molecule has 0 saturated carbocycles. The number of anilines is 1. The minimum absolute atomic E-state index is 0.0671. The summed E-state index contributed by atoms with van der Waals surface area (Å²) in [7, 11) is -3.36. The number of sulfonamides is 1. The van der Waals surface area contributed by atoms with Crippen LogP contribution in [-0.2, 0) is 32.6 Å². The number of hydrogen-bond donors (Lipinski definition) is 2. The van der Waals surface area contributed by atoms with Crippen molar-refractivity contribution in [3.63, 3.8) is 0 Å². The van der Waals surface area contributed by atoms with Crippen molar-refractivity contribution in [2.45, 2.75) is 104 Å². The maximum atomic E-state index is 11.7. The molecule has 12 nitrogen and oxygen atoms in total. The van der Waals surface area contributed by atoms with Gasteiger partial charge in [-0.15, -0.1) is 5.10 Å². The van der Waals surface area contributed by atoms with Gasteiger partial charge < -0.3 is 14.8 Å². The predicted molar refractivity (Wildman–Crippen MR) is 193 cm³/mol. The summed E-state index contributed by atoms with van der Waals surface area (Å²) in [5.41, 5.74) is 7.13. The number of nitrogens with one attached hydrogen (secondary N) is 2. The lowest BCUT2D eigenvalue weighted by Crippen LogP contribution is -2.51. The molecule has 0 amide bonds. The van der Waals surface area contributed by atoms with E-state index in [1.54, 1.807) is 12.1 Å². The zero-order valence-corrected chi connectivity index (χ0v) is 30.5. The normalized spacial score (nSPS) is 19.7. The molecule has 2 saturated heterocycles. The summed E-state index contributed by atoms with van der Waals surface area (Å²) < 4.78 is 42.7. The molecule has 0 radical (unpaired) electrons. The van der Waals surface area contributed by atoms with E-state index in [4.69, 9.17) is 14.6 Å². The first-order chi connectivity index (χ1) is 24.0. The fourth-order valence-corrected chi connectivity index (χ4v) is 7.16. The number of aryl methyl sites for hydroxylation is 2. The van der Waals surface area contributed by atoms with Crippen LogP contribution < -0.4 is 14.7 Å². The molecule has 2 N–H and O–H groups in total. The number of ether oxygens (including phenoxy) is 2. The molecule has 266 valence electrons. The average molecular weight is 702 g/mol. The van der Waals surface area contributed by atoms with Crippen LogP contribution in [0.15, 0.2) is 48.8 Å². The monoisotopic (exact) mass is 701 g/mol. The Kier molecular flexibility index (Phi) is 11.3. The van der Waals surface area contributed by atoms with Gasteiger partial charge in [0, 0.05) is 35.0 Å². The van der Waals surface area contributed by atoms with Gasteiger partial charge in [0.15, 0.2) is 6.20 Å². The first-order valence-corrected chi connectivity index (χ1v) is 19.5. The highest BCUT2D eigenvalue weighted by Crippen LogP contribution is 2.30. The summed E-state index contributed by atoms with van der Waals surface area (Å²) >= 11 is 0. The van der Waals surface area contributed by atoms with Gasteiger partial charge >= 0.3 is 0 Å². The Morgan fingerprint density at radius 2 is 1.78 bits per heavy atom. The van der Waals surface area contributed by atoms with E-state index in [0.717, 1.165) is 84.2 Å². The second-order valence-electron chi connectivity index (χ2n) is 13.8. The Hall–Kier alpha value is -4.09. The lowest BCUT2D eigenvalue weighted by atomic mass is 10.0. The van der Waals surface area contributed by atoms with Crippen molar-refractivity contribution in [2.24, 2.45) is 0 Å². The molecular formula is C37H49N8O4S+. The van der Waals surface area contributed by atoms with E-state index in [0.29, 0.717) is 31.4 Å². The van der Waals surface area contributed by atoms with Gasteiger partial charge in [-0.25, -0.2) is 13.1 Å². The van der Waals surface area contributed by atoms with Gasteiger partial charge in [-0.05, 0) is 112 Å². The van der Waals surface area contributed by atoms with Crippen molar-refractivity contribution in [1.82, 2.24) is 30.2 Å². The van der Waals surface area contributed by atoms with Crippen LogP contribution in [0.2, 0.25) is 0 Å². The Morgan fingerprint density at radius 1 is 1.00 bits per heavy atom. The second kappa shape index (κ2) is 15.9. The summed E-state index contributed by atoms with van der Waals surface area (Å²) in [5, 5.41) is 17.3. The van der Waals surface area contributed by atoms with Crippen LogP contribution in [0, 0.1) is 25.7 Å². The average Bonchev–Trinajstić information content (AvgIpc) is 3.70. The van der Waals surface area contributed by atoms with Crippen molar-refractivity contribution in [3.8, 4) is 34.4 Å². The van der Waals surface area contributed by atoms with Gasteiger partial charge in [-0.1, -0.05) is 23.1 Å². The van der Waals surface area contributed by atoms with Crippen molar-refractivity contribution >= 4 is 15.7 Å². The maximum Gasteiger partial charge on any atom is 0.249 e. The SMILES string of the molecule is Cc1cc(NS(C)(=O)=O)ccc1-c1cn(C[C@H]2CCCC(n3nc(-c4ccc(C#CCNC(C)C)cc4C)c[n+]3C[C@H]3CCCCO3)O2)nn1. The number of hydrogen-bond acceptors (Lipinski definition) is 8. The van der Waals surface area contributed by atoms with Crippen molar-refractivity contribution < 1.29 is 22.6 Å². The molecule has 2 aliphatic rings.